The second-order valence-electron chi connectivity index (χ2n) is 15.8. The molecule has 54 heavy (non-hydrogen) atoms. The smallest absolute Gasteiger partial charge is 0.220 e. The van der Waals surface area contributed by atoms with Gasteiger partial charge in [0.25, 0.3) is 0 Å². The molecule has 0 radical (unpaired) electrons. The number of amides is 1. The van der Waals surface area contributed by atoms with Crippen molar-refractivity contribution in [3.63, 3.8) is 0 Å². The van der Waals surface area contributed by atoms with Crippen LogP contribution in [0.15, 0.2) is 24.3 Å². The quantitative estimate of drug-likeness (QED) is 0.0271. The van der Waals surface area contributed by atoms with E-state index in [0.717, 1.165) is 38.5 Å². The minimum absolute atomic E-state index is 0.180. The van der Waals surface area contributed by atoms with E-state index in [1.54, 1.807) is 6.08 Å². The van der Waals surface area contributed by atoms with Gasteiger partial charge in [0, 0.05) is 6.42 Å². The lowest BCUT2D eigenvalue weighted by Crippen LogP contribution is -2.60. The van der Waals surface area contributed by atoms with Crippen molar-refractivity contribution in [2.45, 2.75) is 243 Å². The van der Waals surface area contributed by atoms with Crippen LogP contribution in [0.3, 0.4) is 0 Å². The predicted molar refractivity (Wildman–Crippen MR) is 221 cm³/mol. The van der Waals surface area contributed by atoms with Crippen LogP contribution in [-0.4, -0.2) is 87.5 Å². The number of hydrogen-bond acceptors (Lipinski definition) is 8. The van der Waals surface area contributed by atoms with Crippen LogP contribution >= 0.6 is 0 Å². The van der Waals surface area contributed by atoms with Crippen molar-refractivity contribution in [3.05, 3.63) is 24.3 Å². The maximum atomic E-state index is 12.9. The highest BCUT2D eigenvalue weighted by atomic mass is 16.7. The number of unbranched alkanes of at least 4 members (excludes halogenated alkanes) is 25. The summed E-state index contributed by atoms with van der Waals surface area (Å²) < 4.78 is 11.2. The summed E-state index contributed by atoms with van der Waals surface area (Å²) in [6.07, 6.45) is 35.1. The Kier molecular flexibility index (Phi) is 33.8. The van der Waals surface area contributed by atoms with E-state index in [1.807, 2.05) is 6.08 Å². The van der Waals surface area contributed by atoms with Crippen molar-refractivity contribution < 1.29 is 39.8 Å². The second-order valence-corrected chi connectivity index (χ2v) is 15.8. The van der Waals surface area contributed by atoms with Crippen molar-refractivity contribution in [3.8, 4) is 0 Å². The Hall–Kier alpha value is -1.33. The molecule has 7 atom stereocenters. The fourth-order valence-electron chi connectivity index (χ4n) is 7.09. The summed E-state index contributed by atoms with van der Waals surface area (Å²) in [5.41, 5.74) is 0. The van der Waals surface area contributed by atoms with Crippen LogP contribution in [0.5, 0.6) is 0 Å². The summed E-state index contributed by atoms with van der Waals surface area (Å²) in [5, 5.41) is 54.1. The normalized spacial score (nSPS) is 21.6. The zero-order valence-electron chi connectivity index (χ0n) is 34.7. The maximum Gasteiger partial charge on any atom is 0.220 e. The van der Waals surface area contributed by atoms with Gasteiger partial charge in [-0.3, -0.25) is 4.79 Å². The second kappa shape index (κ2) is 36.0. The van der Waals surface area contributed by atoms with Gasteiger partial charge in [0.15, 0.2) is 6.29 Å². The van der Waals surface area contributed by atoms with Crippen LogP contribution in [-0.2, 0) is 14.3 Å². The number of hydrogen-bond donors (Lipinski definition) is 6. The summed E-state index contributed by atoms with van der Waals surface area (Å²) in [7, 11) is 0. The van der Waals surface area contributed by atoms with Gasteiger partial charge >= 0.3 is 0 Å². The Morgan fingerprint density at radius 3 is 1.50 bits per heavy atom. The topological polar surface area (TPSA) is 149 Å². The summed E-state index contributed by atoms with van der Waals surface area (Å²) >= 11 is 0. The number of carbonyl (C=O) groups is 1. The van der Waals surface area contributed by atoms with Crippen LogP contribution in [0.2, 0.25) is 0 Å². The molecule has 1 rings (SSSR count). The van der Waals surface area contributed by atoms with Gasteiger partial charge in [-0.2, -0.15) is 0 Å². The lowest BCUT2D eigenvalue weighted by molar-refractivity contribution is -0.302. The molecule has 7 unspecified atom stereocenters. The Bertz CT molecular complexity index is 899. The predicted octanol–water partition coefficient (Wildman–Crippen LogP) is 9.11. The largest absolute Gasteiger partial charge is 0.394 e. The van der Waals surface area contributed by atoms with Gasteiger partial charge in [-0.05, 0) is 44.9 Å². The van der Waals surface area contributed by atoms with Crippen molar-refractivity contribution in [2.75, 3.05) is 13.2 Å². The van der Waals surface area contributed by atoms with Gasteiger partial charge < -0.3 is 40.3 Å². The number of aliphatic hydroxyl groups excluding tert-OH is 5. The molecule has 1 saturated heterocycles. The number of allylic oxidation sites excluding steroid dienone is 3. The highest BCUT2D eigenvalue weighted by Gasteiger charge is 2.44. The van der Waals surface area contributed by atoms with E-state index in [1.165, 1.54) is 141 Å². The van der Waals surface area contributed by atoms with Crippen molar-refractivity contribution in [1.82, 2.24) is 5.32 Å². The van der Waals surface area contributed by atoms with Gasteiger partial charge in [-0.15, -0.1) is 0 Å². The van der Waals surface area contributed by atoms with Gasteiger partial charge in [0.1, 0.15) is 24.4 Å². The molecular weight excluding hydrogens is 682 g/mol. The molecule has 9 heteroatoms. The number of aliphatic hydroxyl groups is 5. The molecule has 0 spiro atoms. The van der Waals surface area contributed by atoms with E-state index in [0.29, 0.717) is 6.42 Å². The standard InChI is InChI=1S/C45H85NO8/c1-3-5-7-9-11-13-15-16-17-18-19-20-21-22-23-25-27-29-31-33-35-41(49)46-38(37-53-45-44(52)43(51)42(50)40(36-47)54-45)39(48)34-32-30-28-26-24-14-12-10-8-6-4-2/h16-17,32,34,38-40,42-45,47-48,50-52H,3-15,18-31,33,35-37H2,1-2H3,(H,46,49). The Balaban J connectivity index is 2.31. The van der Waals surface area contributed by atoms with E-state index in [-0.39, 0.29) is 12.5 Å². The molecule has 1 heterocycles. The number of nitrogens with one attached hydrogen (secondary N) is 1. The molecule has 1 fully saturated rings. The van der Waals surface area contributed by atoms with Crippen LogP contribution in [0.4, 0.5) is 0 Å². The average molecular weight is 768 g/mol. The van der Waals surface area contributed by atoms with Crippen molar-refractivity contribution in [1.29, 1.82) is 0 Å². The van der Waals surface area contributed by atoms with E-state index < -0.39 is 49.5 Å². The minimum Gasteiger partial charge on any atom is -0.394 e. The molecule has 9 nitrogen and oxygen atoms in total. The lowest BCUT2D eigenvalue weighted by atomic mass is 9.99. The highest BCUT2D eigenvalue weighted by molar-refractivity contribution is 5.76. The number of ether oxygens (including phenoxy) is 2. The van der Waals surface area contributed by atoms with Crippen LogP contribution in [0, 0.1) is 0 Å². The fourth-order valence-corrected chi connectivity index (χ4v) is 7.09. The Morgan fingerprint density at radius 2 is 1.04 bits per heavy atom. The summed E-state index contributed by atoms with van der Waals surface area (Å²) in [6, 6.07) is -0.801. The third-order valence-corrected chi connectivity index (χ3v) is 10.8. The third-order valence-electron chi connectivity index (χ3n) is 10.8. The molecule has 0 saturated carbocycles. The Morgan fingerprint density at radius 1 is 0.611 bits per heavy atom. The molecule has 1 aliphatic rings. The molecule has 0 aliphatic carbocycles. The molecule has 0 bridgehead atoms. The number of rotatable bonds is 37. The molecule has 6 N–H and O–H groups in total. The van der Waals surface area contributed by atoms with Crippen LogP contribution in [0.25, 0.3) is 0 Å². The first-order valence-electron chi connectivity index (χ1n) is 22.6. The summed E-state index contributed by atoms with van der Waals surface area (Å²) in [4.78, 5) is 12.9. The highest BCUT2D eigenvalue weighted by Crippen LogP contribution is 2.22. The van der Waals surface area contributed by atoms with Gasteiger partial charge in [0.2, 0.25) is 5.91 Å². The van der Waals surface area contributed by atoms with Crippen LogP contribution in [0.1, 0.15) is 200 Å². The first-order chi connectivity index (χ1) is 26.3. The molecular formula is C45H85NO8. The molecule has 0 aromatic carbocycles. The van der Waals surface area contributed by atoms with E-state index in [9.17, 15) is 30.3 Å². The van der Waals surface area contributed by atoms with E-state index in [2.05, 4.69) is 31.3 Å². The van der Waals surface area contributed by atoms with E-state index >= 15 is 0 Å². The zero-order valence-corrected chi connectivity index (χ0v) is 34.7. The van der Waals surface area contributed by atoms with Crippen molar-refractivity contribution >= 4 is 5.91 Å². The summed E-state index contributed by atoms with van der Waals surface area (Å²) in [5.74, 6) is -0.180. The van der Waals surface area contributed by atoms with Gasteiger partial charge in [-0.1, -0.05) is 173 Å². The minimum atomic E-state index is -1.56. The summed E-state index contributed by atoms with van der Waals surface area (Å²) in [6.45, 7) is 3.75. The van der Waals surface area contributed by atoms with Crippen molar-refractivity contribution in [2.24, 2.45) is 0 Å². The van der Waals surface area contributed by atoms with E-state index in [4.69, 9.17) is 9.47 Å². The SMILES string of the molecule is CCCCCCCCC=CCCCCCCCCCCCCC(=O)NC(COC1OC(CO)C(O)C(O)C1O)C(O)C=CCCCCCCCCCCC. The molecule has 0 aromatic rings. The lowest BCUT2D eigenvalue weighted by Gasteiger charge is -2.40. The zero-order chi connectivity index (χ0) is 39.5. The van der Waals surface area contributed by atoms with Gasteiger partial charge in [-0.25, -0.2) is 0 Å². The molecule has 0 aromatic heterocycles. The first-order valence-corrected chi connectivity index (χ1v) is 22.6. The number of carbonyl (C=O) groups excluding carboxylic acids is 1. The fraction of sp³-hybridized carbons (Fsp3) is 0.889. The third kappa shape index (κ3) is 26.5. The van der Waals surface area contributed by atoms with Gasteiger partial charge in [0.05, 0.1) is 25.4 Å². The molecule has 318 valence electrons. The average Bonchev–Trinajstić information content (AvgIpc) is 3.17. The monoisotopic (exact) mass is 768 g/mol. The molecule has 1 aliphatic heterocycles. The van der Waals surface area contributed by atoms with Crippen LogP contribution < -0.4 is 5.32 Å². The maximum absolute atomic E-state index is 12.9. The Labute approximate surface area is 330 Å². The first kappa shape index (κ1) is 50.7. The molecule has 1 amide bonds.